The highest BCUT2D eigenvalue weighted by atomic mass is 79.9. The van der Waals surface area contributed by atoms with Crippen LogP contribution in [0.3, 0.4) is 0 Å². The summed E-state index contributed by atoms with van der Waals surface area (Å²) in [7, 11) is 0. The molecule has 6 heteroatoms. The first-order chi connectivity index (χ1) is 9.11. The Kier molecular flexibility index (Phi) is 3.36. The molecule has 1 N–H and O–H groups in total. The molecule has 0 saturated heterocycles. The van der Waals surface area contributed by atoms with Gasteiger partial charge in [0.2, 0.25) is 11.7 Å². The predicted molar refractivity (Wildman–Crippen MR) is 69.8 cm³/mol. The quantitative estimate of drug-likeness (QED) is 0.938. The van der Waals surface area contributed by atoms with E-state index in [9.17, 15) is 9.50 Å². The van der Waals surface area contributed by atoms with Crippen molar-refractivity contribution in [3.05, 3.63) is 34.4 Å². The van der Waals surface area contributed by atoms with Crippen LogP contribution < -0.4 is 0 Å². The van der Waals surface area contributed by atoms with Gasteiger partial charge < -0.3 is 9.63 Å². The normalized spacial score (nSPS) is 16.6. The standard InChI is InChI=1S/C13H12BrFN2O2/c14-9-3-8(4-10(15)5-9)13-16-12(19-17-13)6-11(18)7-1-2-7/h3-5,7,11,18H,1-2,6H2. The third kappa shape index (κ3) is 3.01. The van der Waals surface area contributed by atoms with Crippen molar-refractivity contribution in [2.24, 2.45) is 5.92 Å². The van der Waals surface area contributed by atoms with Gasteiger partial charge in [-0.05, 0) is 37.0 Å². The van der Waals surface area contributed by atoms with Gasteiger partial charge in [0.15, 0.2) is 0 Å². The minimum absolute atomic E-state index is 0.332. The Morgan fingerprint density at radius 1 is 1.42 bits per heavy atom. The van der Waals surface area contributed by atoms with Crippen molar-refractivity contribution in [2.45, 2.75) is 25.4 Å². The Morgan fingerprint density at radius 3 is 2.89 bits per heavy atom. The molecule has 1 unspecified atom stereocenters. The molecule has 3 rings (SSSR count). The minimum Gasteiger partial charge on any atom is -0.392 e. The molecule has 0 spiro atoms. The molecule has 1 aromatic heterocycles. The topological polar surface area (TPSA) is 59.2 Å². The second-order valence-corrected chi connectivity index (χ2v) is 5.69. The Morgan fingerprint density at radius 2 is 2.21 bits per heavy atom. The summed E-state index contributed by atoms with van der Waals surface area (Å²) >= 11 is 3.22. The van der Waals surface area contributed by atoms with Crippen molar-refractivity contribution in [3.8, 4) is 11.4 Å². The summed E-state index contributed by atoms with van der Waals surface area (Å²) < 4.78 is 19.0. The van der Waals surface area contributed by atoms with Crippen LogP contribution in [0, 0.1) is 11.7 Å². The van der Waals surface area contributed by atoms with Crippen molar-refractivity contribution >= 4 is 15.9 Å². The summed E-state index contributed by atoms with van der Waals surface area (Å²) in [4.78, 5) is 4.19. The Balaban J connectivity index is 1.79. The summed E-state index contributed by atoms with van der Waals surface area (Å²) in [5.74, 6) is 0.709. The number of rotatable bonds is 4. The first-order valence-electron chi connectivity index (χ1n) is 6.09. The van der Waals surface area contributed by atoms with Gasteiger partial charge in [-0.15, -0.1) is 0 Å². The van der Waals surface area contributed by atoms with E-state index < -0.39 is 6.10 Å². The van der Waals surface area contributed by atoms with Crippen molar-refractivity contribution in [1.82, 2.24) is 10.1 Å². The van der Waals surface area contributed by atoms with E-state index in [1.807, 2.05) is 0 Å². The highest BCUT2D eigenvalue weighted by molar-refractivity contribution is 9.10. The number of aromatic nitrogens is 2. The number of aliphatic hydroxyl groups excluding tert-OH is 1. The maximum atomic E-state index is 13.3. The van der Waals surface area contributed by atoms with Crippen molar-refractivity contribution in [2.75, 3.05) is 0 Å². The van der Waals surface area contributed by atoms with Crippen molar-refractivity contribution < 1.29 is 14.0 Å². The summed E-state index contributed by atoms with van der Waals surface area (Å²) in [6.45, 7) is 0. The van der Waals surface area contributed by atoms with Gasteiger partial charge in [0.05, 0.1) is 12.5 Å². The SMILES string of the molecule is OC(Cc1nc(-c2cc(F)cc(Br)c2)no1)C1CC1. The zero-order valence-corrected chi connectivity index (χ0v) is 11.6. The van der Waals surface area contributed by atoms with Crippen LogP contribution in [-0.2, 0) is 6.42 Å². The van der Waals surface area contributed by atoms with Gasteiger partial charge >= 0.3 is 0 Å². The fraction of sp³-hybridized carbons (Fsp3) is 0.385. The molecule has 1 atom stereocenters. The van der Waals surface area contributed by atoms with Crippen LogP contribution in [-0.4, -0.2) is 21.4 Å². The number of hydrogen-bond donors (Lipinski definition) is 1. The Hall–Kier alpha value is -1.27. The summed E-state index contributed by atoms with van der Waals surface area (Å²) in [6.07, 6.45) is 2.04. The van der Waals surface area contributed by atoms with Crippen molar-refractivity contribution in [1.29, 1.82) is 0 Å². The summed E-state index contributed by atoms with van der Waals surface area (Å²) in [6, 6.07) is 4.42. The molecule has 2 aromatic rings. The molecular weight excluding hydrogens is 315 g/mol. The monoisotopic (exact) mass is 326 g/mol. The first kappa shape index (κ1) is 12.7. The fourth-order valence-corrected chi connectivity index (χ4v) is 2.43. The van der Waals surface area contributed by atoms with Gasteiger partial charge in [0.25, 0.3) is 0 Å². The molecule has 4 nitrogen and oxygen atoms in total. The smallest absolute Gasteiger partial charge is 0.229 e. The van der Waals surface area contributed by atoms with E-state index in [4.69, 9.17) is 4.52 Å². The van der Waals surface area contributed by atoms with Gasteiger partial charge in [-0.2, -0.15) is 4.98 Å². The Labute approximate surface area is 117 Å². The zero-order valence-electron chi connectivity index (χ0n) is 10.0. The van der Waals surface area contributed by atoms with Crippen LogP contribution in [0.4, 0.5) is 4.39 Å². The molecule has 1 saturated carbocycles. The van der Waals surface area contributed by atoms with Crippen LogP contribution in [0.15, 0.2) is 27.2 Å². The third-order valence-corrected chi connectivity index (χ3v) is 3.60. The van der Waals surface area contributed by atoms with E-state index in [1.165, 1.54) is 12.1 Å². The molecule has 19 heavy (non-hydrogen) atoms. The number of hydrogen-bond acceptors (Lipinski definition) is 4. The molecular formula is C13H12BrFN2O2. The lowest BCUT2D eigenvalue weighted by atomic mass is 10.1. The van der Waals surface area contributed by atoms with E-state index >= 15 is 0 Å². The van der Waals surface area contributed by atoms with Crippen LogP contribution >= 0.6 is 15.9 Å². The molecule has 1 fully saturated rings. The largest absolute Gasteiger partial charge is 0.392 e. The molecule has 0 radical (unpaired) electrons. The third-order valence-electron chi connectivity index (χ3n) is 3.14. The molecule has 1 aromatic carbocycles. The van der Waals surface area contributed by atoms with E-state index in [1.54, 1.807) is 6.07 Å². The average molecular weight is 327 g/mol. The molecule has 1 heterocycles. The average Bonchev–Trinajstić information content (AvgIpc) is 3.09. The lowest BCUT2D eigenvalue weighted by Gasteiger charge is -2.03. The highest BCUT2D eigenvalue weighted by Gasteiger charge is 2.31. The van der Waals surface area contributed by atoms with Gasteiger partial charge in [-0.3, -0.25) is 0 Å². The van der Waals surface area contributed by atoms with Gasteiger partial charge in [-0.1, -0.05) is 21.1 Å². The van der Waals surface area contributed by atoms with Crippen LogP contribution in [0.5, 0.6) is 0 Å². The maximum absolute atomic E-state index is 13.3. The summed E-state index contributed by atoms with van der Waals surface area (Å²) in [5, 5.41) is 13.6. The molecule has 0 amide bonds. The molecule has 0 aliphatic heterocycles. The van der Waals surface area contributed by atoms with E-state index in [2.05, 4.69) is 26.1 Å². The van der Waals surface area contributed by atoms with E-state index in [0.29, 0.717) is 34.1 Å². The number of aliphatic hydroxyl groups is 1. The Bertz CT molecular complexity index is 578. The maximum Gasteiger partial charge on any atom is 0.229 e. The van der Waals surface area contributed by atoms with Gasteiger partial charge in [0.1, 0.15) is 5.82 Å². The molecule has 0 bridgehead atoms. The zero-order chi connectivity index (χ0) is 13.4. The van der Waals surface area contributed by atoms with E-state index in [-0.39, 0.29) is 5.82 Å². The highest BCUT2D eigenvalue weighted by Crippen LogP contribution is 2.34. The van der Waals surface area contributed by atoms with Gasteiger partial charge in [0, 0.05) is 10.0 Å². The summed E-state index contributed by atoms with van der Waals surface area (Å²) in [5.41, 5.74) is 0.544. The van der Waals surface area contributed by atoms with E-state index in [0.717, 1.165) is 12.8 Å². The second kappa shape index (κ2) is 5.02. The fourth-order valence-electron chi connectivity index (χ4n) is 1.96. The lowest BCUT2D eigenvalue weighted by Crippen LogP contribution is -2.12. The minimum atomic E-state index is -0.424. The van der Waals surface area contributed by atoms with Crippen molar-refractivity contribution in [3.63, 3.8) is 0 Å². The molecule has 1 aliphatic rings. The molecule has 100 valence electrons. The first-order valence-corrected chi connectivity index (χ1v) is 6.88. The number of benzene rings is 1. The number of nitrogens with zero attached hydrogens (tertiary/aromatic N) is 2. The van der Waals surface area contributed by atoms with Gasteiger partial charge in [-0.25, -0.2) is 4.39 Å². The molecule has 1 aliphatic carbocycles. The van der Waals surface area contributed by atoms with Crippen LogP contribution in [0.25, 0.3) is 11.4 Å². The van der Waals surface area contributed by atoms with Crippen LogP contribution in [0.1, 0.15) is 18.7 Å². The predicted octanol–water partition coefficient (Wildman–Crippen LogP) is 2.95. The second-order valence-electron chi connectivity index (χ2n) is 4.78. The van der Waals surface area contributed by atoms with Crippen LogP contribution in [0.2, 0.25) is 0 Å². The lowest BCUT2D eigenvalue weighted by molar-refractivity contribution is 0.140. The number of halogens is 2.